The maximum Gasteiger partial charge on any atom is 0.329 e. The molecule has 2 N–H and O–H groups in total. The summed E-state index contributed by atoms with van der Waals surface area (Å²) in [7, 11) is 0. The lowest BCUT2D eigenvalue weighted by Crippen LogP contribution is -2.32. The SMILES string of the molecule is Cc1ccc(NC(=O)C(=O)N/N=C\c2cc(Br)ccc2F)cc1. The second-order valence-electron chi connectivity index (χ2n) is 4.69. The van der Waals surface area contributed by atoms with Crippen LogP contribution in [0.15, 0.2) is 52.0 Å². The predicted octanol–water partition coefficient (Wildman–Crippen LogP) is 2.99. The fraction of sp³-hybridized carbons (Fsp3) is 0.0625. The largest absolute Gasteiger partial charge is 0.329 e. The lowest BCUT2D eigenvalue weighted by atomic mass is 10.2. The number of nitrogens with one attached hydrogen (secondary N) is 2. The Balaban J connectivity index is 1.93. The molecule has 0 aliphatic rings. The van der Waals surface area contributed by atoms with E-state index in [-0.39, 0.29) is 5.56 Å². The van der Waals surface area contributed by atoms with E-state index in [0.29, 0.717) is 10.2 Å². The monoisotopic (exact) mass is 377 g/mol. The Hall–Kier alpha value is -2.54. The summed E-state index contributed by atoms with van der Waals surface area (Å²) < 4.78 is 14.1. The van der Waals surface area contributed by atoms with Crippen LogP contribution in [0.25, 0.3) is 0 Å². The lowest BCUT2D eigenvalue weighted by molar-refractivity contribution is -0.136. The molecule has 118 valence electrons. The molecule has 0 radical (unpaired) electrons. The Morgan fingerprint density at radius 3 is 2.52 bits per heavy atom. The first kappa shape index (κ1) is 16.8. The molecule has 0 aliphatic heterocycles. The van der Waals surface area contributed by atoms with Crippen LogP contribution in [0.3, 0.4) is 0 Å². The van der Waals surface area contributed by atoms with Crippen LogP contribution in [0.1, 0.15) is 11.1 Å². The number of hydrogen-bond acceptors (Lipinski definition) is 3. The third-order valence-corrected chi connectivity index (χ3v) is 3.34. The first-order chi connectivity index (χ1) is 11.0. The molecule has 2 rings (SSSR count). The van der Waals surface area contributed by atoms with Crippen molar-refractivity contribution in [1.29, 1.82) is 0 Å². The normalized spacial score (nSPS) is 10.6. The zero-order valence-corrected chi connectivity index (χ0v) is 13.7. The molecule has 0 spiro atoms. The van der Waals surface area contributed by atoms with Gasteiger partial charge in [-0.25, -0.2) is 9.82 Å². The molecule has 0 saturated heterocycles. The van der Waals surface area contributed by atoms with E-state index in [1.165, 1.54) is 12.1 Å². The van der Waals surface area contributed by atoms with Gasteiger partial charge in [-0.05, 0) is 37.3 Å². The highest BCUT2D eigenvalue weighted by atomic mass is 79.9. The molecule has 2 aromatic rings. The van der Waals surface area contributed by atoms with Crippen LogP contribution in [0, 0.1) is 12.7 Å². The van der Waals surface area contributed by atoms with Gasteiger partial charge in [0.1, 0.15) is 5.82 Å². The van der Waals surface area contributed by atoms with E-state index in [2.05, 4.69) is 26.3 Å². The average Bonchev–Trinajstić information content (AvgIpc) is 2.52. The number of hydrogen-bond donors (Lipinski definition) is 2. The van der Waals surface area contributed by atoms with Crippen LogP contribution in [0.4, 0.5) is 10.1 Å². The third-order valence-electron chi connectivity index (χ3n) is 2.84. The molecular formula is C16H13BrFN3O2. The second kappa shape index (κ2) is 7.64. The van der Waals surface area contributed by atoms with Crippen molar-refractivity contribution in [1.82, 2.24) is 5.43 Å². The first-order valence-corrected chi connectivity index (χ1v) is 7.41. The molecular weight excluding hydrogens is 365 g/mol. The Bertz CT molecular complexity index is 760. The van der Waals surface area contributed by atoms with Gasteiger partial charge in [0, 0.05) is 15.7 Å². The summed E-state index contributed by atoms with van der Waals surface area (Å²) >= 11 is 3.20. The molecule has 0 bridgehead atoms. The van der Waals surface area contributed by atoms with Crippen LogP contribution in [-0.4, -0.2) is 18.0 Å². The number of nitrogens with zero attached hydrogens (tertiary/aromatic N) is 1. The van der Waals surface area contributed by atoms with Gasteiger partial charge in [-0.3, -0.25) is 9.59 Å². The molecule has 7 heteroatoms. The van der Waals surface area contributed by atoms with Gasteiger partial charge in [0.05, 0.1) is 6.21 Å². The van der Waals surface area contributed by atoms with Crippen molar-refractivity contribution >= 4 is 39.6 Å². The molecule has 0 heterocycles. The standard InChI is InChI=1S/C16H13BrFN3O2/c1-10-2-5-13(6-3-10)20-15(22)16(23)21-19-9-11-8-12(17)4-7-14(11)18/h2-9H,1H3,(H,20,22)(H,21,23)/b19-9-. The number of amides is 2. The van der Waals surface area contributed by atoms with E-state index >= 15 is 0 Å². The summed E-state index contributed by atoms with van der Waals surface area (Å²) in [6.45, 7) is 1.91. The molecule has 0 unspecified atom stereocenters. The Kier molecular flexibility index (Phi) is 5.59. The summed E-state index contributed by atoms with van der Waals surface area (Å²) in [6.07, 6.45) is 1.12. The Morgan fingerprint density at radius 2 is 1.83 bits per heavy atom. The quantitative estimate of drug-likeness (QED) is 0.490. The average molecular weight is 378 g/mol. The fourth-order valence-corrected chi connectivity index (χ4v) is 2.03. The van der Waals surface area contributed by atoms with E-state index in [0.717, 1.165) is 11.8 Å². The van der Waals surface area contributed by atoms with E-state index in [1.54, 1.807) is 18.2 Å². The molecule has 0 aliphatic carbocycles. The zero-order valence-electron chi connectivity index (χ0n) is 12.1. The summed E-state index contributed by atoms with van der Waals surface area (Å²) in [5, 5.41) is 6.01. The maximum atomic E-state index is 13.5. The molecule has 23 heavy (non-hydrogen) atoms. The smallest absolute Gasteiger partial charge is 0.318 e. The summed E-state index contributed by atoms with van der Waals surface area (Å²) in [6, 6.07) is 11.3. The van der Waals surface area contributed by atoms with Crippen molar-refractivity contribution < 1.29 is 14.0 Å². The van der Waals surface area contributed by atoms with Crippen molar-refractivity contribution in [2.75, 3.05) is 5.32 Å². The van der Waals surface area contributed by atoms with Gasteiger partial charge in [0.25, 0.3) is 0 Å². The third kappa shape index (κ3) is 5.00. The molecule has 2 aromatic carbocycles. The molecule has 0 saturated carbocycles. The topological polar surface area (TPSA) is 70.6 Å². The maximum absolute atomic E-state index is 13.5. The summed E-state index contributed by atoms with van der Waals surface area (Å²) in [5.41, 5.74) is 3.76. The van der Waals surface area contributed by atoms with Crippen molar-refractivity contribution in [2.45, 2.75) is 6.92 Å². The van der Waals surface area contributed by atoms with Gasteiger partial charge in [-0.1, -0.05) is 33.6 Å². The molecule has 0 atom stereocenters. The number of carbonyl (C=O) groups is 2. The van der Waals surface area contributed by atoms with Crippen LogP contribution < -0.4 is 10.7 Å². The fourth-order valence-electron chi connectivity index (χ4n) is 1.65. The number of benzene rings is 2. The van der Waals surface area contributed by atoms with Crippen molar-refractivity contribution in [3.8, 4) is 0 Å². The first-order valence-electron chi connectivity index (χ1n) is 6.62. The number of aryl methyl sites for hydroxylation is 1. The van der Waals surface area contributed by atoms with Crippen LogP contribution >= 0.6 is 15.9 Å². The molecule has 0 aromatic heterocycles. The van der Waals surface area contributed by atoms with Gasteiger partial charge in [-0.2, -0.15) is 5.10 Å². The van der Waals surface area contributed by atoms with Crippen LogP contribution in [0.2, 0.25) is 0 Å². The Morgan fingerprint density at radius 1 is 1.13 bits per heavy atom. The van der Waals surface area contributed by atoms with Gasteiger partial charge in [0.15, 0.2) is 0 Å². The minimum Gasteiger partial charge on any atom is -0.318 e. The van der Waals surface area contributed by atoms with E-state index in [9.17, 15) is 14.0 Å². The Labute approximate surface area is 140 Å². The van der Waals surface area contributed by atoms with Crippen molar-refractivity contribution in [2.24, 2.45) is 5.10 Å². The van der Waals surface area contributed by atoms with Gasteiger partial charge < -0.3 is 5.32 Å². The molecule has 0 fully saturated rings. The highest BCUT2D eigenvalue weighted by Gasteiger charge is 2.12. The molecule has 2 amide bonds. The van der Waals surface area contributed by atoms with Crippen LogP contribution in [0.5, 0.6) is 0 Å². The second-order valence-corrected chi connectivity index (χ2v) is 5.60. The predicted molar refractivity (Wildman–Crippen MR) is 89.6 cm³/mol. The summed E-state index contributed by atoms with van der Waals surface area (Å²) in [5.74, 6) is -2.30. The van der Waals surface area contributed by atoms with E-state index < -0.39 is 17.6 Å². The van der Waals surface area contributed by atoms with Crippen molar-refractivity contribution in [3.05, 3.63) is 63.9 Å². The highest BCUT2D eigenvalue weighted by Crippen LogP contribution is 2.13. The van der Waals surface area contributed by atoms with Gasteiger partial charge in [0.2, 0.25) is 0 Å². The number of anilines is 1. The minimum absolute atomic E-state index is 0.179. The summed E-state index contributed by atoms with van der Waals surface area (Å²) in [4.78, 5) is 23.3. The lowest BCUT2D eigenvalue weighted by Gasteiger charge is -2.04. The number of rotatable bonds is 3. The zero-order chi connectivity index (χ0) is 16.8. The number of carbonyl (C=O) groups excluding carboxylic acids is 2. The molecule has 5 nitrogen and oxygen atoms in total. The minimum atomic E-state index is -0.947. The van der Waals surface area contributed by atoms with Gasteiger partial charge >= 0.3 is 11.8 Å². The van der Waals surface area contributed by atoms with E-state index in [4.69, 9.17) is 0 Å². The van der Waals surface area contributed by atoms with Crippen LogP contribution in [-0.2, 0) is 9.59 Å². The van der Waals surface area contributed by atoms with E-state index in [1.807, 2.05) is 24.5 Å². The highest BCUT2D eigenvalue weighted by molar-refractivity contribution is 9.10. The van der Waals surface area contributed by atoms with Gasteiger partial charge in [-0.15, -0.1) is 0 Å². The number of hydrazone groups is 1. The van der Waals surface area contributed by atoms with Crippen molar-refractivity contribution in [3.63, 3.8) is 0 Å². The number of halogens is 2.